The van der Waals surface area contributed by atoms with Crippen molar-refractivity contribution in [2.24, 2.45) is 5.16 Å². The zero-order chi connectivity index (χ0) is 24.7. The summed E-state index contributed by atoms with van der Waals surface area (Å²) in [6, 6.07) is -0.960. The summed E-state index contributed by atoms with van der Waals surface area (Å²) in [6.07, 6.45) is 5.66. The smallest absolute Gasteiger partial charge is 0.278 e. The Morgan fingerprint density at radius 1 is 1.46 bits per heavy atom. The Bertz CT molecular complexity index is 1360. The summed E-state index contributed by atoms with van der Waals surface area (Å²) in [5, 5.41) is 19.9. The van der Waals surface area contributed by atoms with Gasteiger partial charge in [0.15, 0.2) is 5.13 Å². The number of aromatic nitrogens is 4. The van der Waals surface area contributed by atoms with Crippen LogP contribution in [-0.4, -0.2) is 65.9 Å². The average molecular weight is 535 g/mol. The first-order valence-electron chi connectivity index (χ1n) is 10.3. The Hall–Kier alpha value is -3.50. The van der Waals surface area contributed by atoms with Crippen LogP contribution in [0.15, 0.2) is 40.5 Å². The molecule has 5 rings (SSSR count). The molecule has 2 aliphatic heterocycles. The van der Waals surface area contributed by atoms with E-state index in [2.05, 4.69) is 19.8 Å². The highest BCUT2D eigenvalue weighted by molar-refractivity contribution is 8.00. The van der Waals surface area contributed by atoms with Crippen molar-refractivity contribution in [1.29, 1.82) is 0 Å². The maximum Gasteiger partial charge on any atom is 0.278 e. The van der Waals surface area contributed by atoms with Crippen molar-refractivity contribution in [2.45, 2.75) is 24.9 Å². The molecule has 3 N–H and O–H groups in total. The van der Waals surface area contributed by atoms with Crippen LogP contribution in [0.3, 0.4) is 0 Å². The minimum atomic E-state index is -1.44. The molecule has 35 heavy (non-hydrogen) atoms. The Morgan fingerprint density at radius 2 is 2.29 bits per heavy atom. The quantitative estimate of drug-likeness (QED) is 0.152. The number of imidazole rings is 1. The second kappa shape index (κ2) is 9.27. The van der Waals surface area contributed by atoms with Crippen LogP contribution >= 0.6 is 34.6 Å². The number of oxime groups is 1. The molecule has 0 spiro atoms. The molecular formula is C19H18N8O5S3. The van der Waals surface area contributed by atoms with Crippen molar-refractivity contribution < 1.29 is 28.9 Å². The Balaban J connectivity index is 1.35. The molecule has 0 aliphatic carbocycles. The summed E-state index contributed by atoms with van der Waals surface area (Å²) in [5.41, 5.74) is 5.76. The molecule has 0 saturated carbocycles. The fraction of sp³-hybridized carbons (Fsp3) is 0.316. The van der Waals surface area contributed by atoms with E-state index in [4.69, 9.17) is 10.6 Å². The SMILES string of the molecule is CCO/N=C(\C(=O)N[C@@H]1C(=O)N2C(C(=O)[O-])=C(C[n+]3cc4sccn4c3)CS[C@H]12)c1nsc(N)n1. The topological polar surface area (TPSA) is 171 Å². The van der Waals surface area contributed by atoms with Crippen LogP contribution in [0.25, 0.3) is 4.83 Å². The van der Waals surface area contributed by atoms with Gasteiger partial charge in [-0.15, -0.1) is 11.8 Å². The summed E-state index contributed by atoms with van der Waals surface area (Å²) >= 11 is 3.80. The van der Waals surface area contributed by atoms with Gasteiger partial charge in [0, 0.05) is 28.2 Å². The molecular weight excluding hydrogens is 516 g/mol. The lowest BCUT2D eigenvalue weighted by Crippen LogP contribution is -2.71. The summed E-state index contributed by atoms with van der Waals surface area (Å²) in [4.78, 5) is 49.0. The standard InChI is InChI=1S/C19H18N8O5S3/c1-2-32-23-11(14-22-19(20)35-24-14)15(28)21-12-16(29)27-13(18(30)31)9(7-34-17(12)27)5-25-6-10-26(8-25)3-4-33-10/h3-4,6,8,12,17H,2,5,7H2,1H3,(H3-,20,21,22,24,28,30,31)/b23-11-/t12-,17-/m1/s1. The number of carbonyl (C=O) groups excluding carboxylic acids is 3. The maximum absolute atomic E-state index is 13.0. The largest absolute Gasteiger partial charge is 0.543 e. The average Bonchev–Trinajstić information content (AvgIpc) is 3.54. The number of nitrogen functional groups attached to an aromatic ring is 1. The fourth-order valence-electron chi connectivity index (χ4n) is 3.78. The number of β-lactam (4-membered cyclic amide) rings is 1. The molecule has 0 radical (unpaired) electrons. The van der Waals surface area contributed by atoms with Gasteiger partial charge in [-0.1, -0.05) is 16.5 Å². The van der Waals surface area contributed by atoms with E-state index in [0.29, 0.717) is 17.9 Å². The van der Waals surface area contributed by atoms with Gasteiger partial charge in [0.05, 0.1) is 11.7 Å². The predicted molar refractivity (Wildman–Crippen MR) is 125 cm³/mol. The van der Waals surface area contributed by atoms with Crippen LogP contribution in [0.5, 0.6) is 0 Å². The van der Waals surface area contributed by atoms with E-state index in [9.17, 15) is 19.5 Å². The van der Waals surface area contributed by atoms with Crippen LogP contribution in [0.2, 0.25) is 0 Å². The van der Waals surface area contributed by atoms with E-state index in [0.717, 1.165) is 16.4 Å². The van der Waals surface area contributed by atoms with Crippen molar-refractivity contribution in [3.8, 4) is 0 Å². The van der Waals surface area contributed by atoms with Gasteiger partial charge in [-0.2, -0.15) is 13.8 Å². The van der Waals surface area contributed by atoms with Crippen molar-refractivity contribution in [3.63, 3.8) is 0 Å². The van der Waals surface area contributed by atoms with Gasteiger partial charge >= 0.3 is 0 Å². The number of thioether (sulfide) groups is 1. The van der Waals surface area contributed by atoms with Gasteiger partial charge in [-0.3, -0.25) is 14.5 Å². The predicted octanol–water partition coefficient (Wildman–Crippen LogP) is -1.43. The van der Waals surface area contributed by atoms with Gasteiger partial charge in [-0.05, 0) is 6.92 Å². The molecule has 1 saturated heterocycles. The molecule has 5 heterocycles. The fourth-order valence-corrected chi connectivity index (χ4v) is 6.31. The zero-order valence-corrected chi connectivity index (χ0v) is 20.6. The number of carboxylic acids is 1. The van der Waals surface area contributed by atoms with E-state index >= 15 is 0 Å². The molecule has 0 unspecified atom stereocenters. The highest BCUT2D eigenvalue weighted by Crippen LogP contribution is 2.40. The molecule has 2 atom stereocenters. The summed E-state index contributed by atoms with van der Waals surface area (Å²) in [7, 11) is 0. The number of hydrogen-bond donors (Lipinski definition) is 2. The lowest BCUT2D eigenvalue weighted by atomic mass is 10.0. The van der Waals surface area contributed by atoms with Crippen molar-refractivity contribution >= 4 is 68.1 Å². The van der Waals surface area contributed by atoms with Crippen LogP contribution in [0.4, 0.5) is 5.13 Å². The molecule has 3 aromatic rings. The lowest BCUT2D eigenvalue weighted by Gasteiger charge is -2.50. The van der Waals surface area contributed by atoms with Crippen LogP contribution in [0, 0.1) is 0 Å². The molecule has 16 heteroatoms. The Labute approximate surface area is 210 Å². The van der Waals surface area contributed by atoms with Gasteiger partial charge in [-0.25, -0.2) is 4.57 Å². The van der Waals surface area contributed by atoms with Crippen molar-refractivity contribution in [1.82, 2.24) is 24.0 Å². The summed E-state index contributed by atoms with van der Waals surface area (Å²) in [5.74, 6) is -2.41. The third-order valence-electron chi connectivity index (χ3n) is 5.27. The van der Waals surface area contributed by atoms with Gasteiger partial charge in [0.2, 0.25) is 22.7 Å². The lowest BCUT2D eigenvalue weighted by molar-refractivity contribution is -0.687. The maximum atomic E-state index is 13.0. The number of carbonyl (C=O) groups is 3. The van der Waals surface area contributed by atoms with E-state index in [-0.39, 0.29) is 29.0 Å². The molecule has 3 aromatic heterocycles. The second-order valence-electron chi connectivity index (χ2n) is 7.48. The minimum Gasteiger partial charge on any atom is -0.543 e. The number of fused-ring (bicyclic) bond motifs is 2. The van der Waals surface area contributed by atoms with Gasteiger partial charge in [0.1, 0.15) is 37.0 Å². The van der Waals surface area contributed by atoms with E-state index < -0.39 is 29.2 Å². The molecule has 13 nitrogen and oxygen atoms in total. The minimum absolute atomic E-state index is 0.0273. The third kappa shape index (κ3) is 4.23. The second-order valence-corrected chi connectivity index (χ2v) is 10.3. The van der Waals surface area contributed by atoms with E-state index in [1.807, 2.05) is 33.1 Å². The van der Waals surface area contributed by atoms with E-state index in [1.54, 1.807) is 18.3 Å². The first kappa shape index (κ1) is 23.3. The van der Waals surface area contributed by atoms with E-state index in [1.165, 1.54) is 16.7 Å². The number of carboxylic acid groups (broad SMARTS) is 1. The molecule has 2 aliphatic rings. The summed E-state index contributed by atoms with van der Waals surface area (Å²) < 4.78 is 7.76. The number of hydrogen-bond acceptors (Lipinski definition) is 12. The summed E-state index contributed by atoms with van der Waals surface area (Å²) in [6.45, 7) is 2.18. The monoisotopic (exact) mass is 534 g/mol. The molecule has 0 bridgehead atoms. The zero-order valence-electron chi connectivity index (χ0n) is 18.1. The number of amides is 2. The highest BCUT2D eigenvalue weighted by atomic mass is 32.2. The molecule has 1 fully saturated rings. The first-order valence-corrected chi connectivity index (χ1v) is 13.0. The molecule has 182 valence electrons. The number of rotatable bonds is 8. The number of nitrogens with one attached hydrogen (secondary N) is 1. The van der Waals surface area contributed by atoms with Gasteiger partial charge in [0.25, 0.3) is 11.8 Å². The first-order chi connectivity index (χ1) is 16.9. The third-order valence-corrected chi connectivity index (χ3v) is 7.97. The number of thiazole rings is 1. The van der Waals surface area contributed by atoms with Crippen LogP contribution in [0.1, 0.15) is 12.7 Å². The number of aliphatic carboxylic acids is 1. The Kier molecular flexibility index (Phi) is 6.16. The molecule has 0 aromatic carbocycles. The van der Waals surface area contributed by atoms with Crippen LogP contribution in [-0.2, 0) is 25.8 Å². The normalized spacial score (nSPS) is 20.1. The Morgan fingerprint density at radius 3 is 2.97 bits per heavy atom. The van der Waals surface area contributed by atoms with Crippen molar-refractivity contribution in [3.05, 3.63) is 41.2 Å². The van der Waals surface area contributed by atoms with Crippen molar-refractivity contribution in [2.75, 3.05) is 18.1 Å². The number of anilines is 1. The van der Waals surface area contributed by atoms with Gasteiger partial charge < -0.3 is 25.8 Å². The van der Waals surface area contributed by atoms with Crippen LogP contribution < -0.4 is 20.7 Å². The molecule has 2 amide bonds. The highest BCUT2D eigenvalue weighted by Gasteiger charge is 2.53. The number of nitrogens with zero attached hydrogens (tertiary/aromatic N) is 6. The number of nitrogens with two attached hydrogens (primary N) is 1.